The number of nitrogens with one attached hydrogen (secondary N) is 3. The van der Waals surface area contributed by atoms with Gasteiger partial charge in [-0.25, -0.2) is 4.79 Å². The largest absolute Gasteiger partial charge is 0.497 e. The number of carboxylic acid groups (broad SMARTS) is 1. The van der Waals surface area contributed by atoms with Crippen LogP contribution in [-0.2, 0) is 19.8 Å². The third kappa shape index (κ3) is 10.3. The van der Waals surface area contributed by atoms with Gasteiger partial charge in [-0.05, 0) is 57.7 Å². The lowest BCUT2D eigenvalue weighted by molar-refractivity contribution is -0.142. The Morgan fingerprint density at radius 1 is 1.10 bits per heavy atom. The topological polar surface area (TPSA) is 182 Å². The highest BCUT2D eigenvalue weighted by molar-refractivity contribution is 5.92. The number of hydrogen-bond donors (Lipinski definition) is 6. The molecule has 2 rings (SSSR count). The number of carboxylic acids is 1. The van der Waals surface area contributed by atoms with Crippen LogP contribution in [0.4, 0.5) is 5.69 Å². The summed E-state index contributed by atoms with van der Waals surface area (Å²) in [6.45, 7) is 9.31. The molecule has 0 spiro atoms. The number of benzene rings is 1. The van der Waals surface area contributed by atoms with E-state index in [1.54, 1.807) is 7.11 Å². The van der Waals surface area contributed by atoms with Crippen molar-refractivity contribution in [3.8, 4) is 5.75 Å². The highest BCUT2D eigenvalue weighted by Gasteiger charge is 2.24. The average molecular weight is 559 g/mol. The Kier molecular flexibility index (Phi) is 12.6. The first-order chi connectivity index (χ1) is 18.8. The molecule has 0 saturated carbocycles. The zero-order valence-corrected chi connectivity index (χ0v) is 24.4. The van der Waals surface area contributed by atoms with Crippen LogP contribution < -0.4 is 32.2 Å². The zero-order valence-electron chi connectivity index (χ0n) is 24.4. The monoisotopic (exact) mass is 558 g/mol. The van der Waals surface area contributed by atoms with Crippen LogP contribution in [0.2, 0.25) is 0 Å². The number of nitrogens with two attached hydrogens (primary N) is 2. The summed E-state index contributed by atoms with van der Waals surface area (Å²) in [4.78, 5) is 40.9. The quantitative estimate of drug-likeness (QED) is 0.169. The van der Waals surface area contributed by atoms with Gasteiger partial charge in [0.1, 0.15) is 11.8 Å². The first-order valence-corrected chi connectivity index (χ1v) is 13.9. The number of amides is 2. The summed E-state index contributed by atoms with van der Waals surface area (Å²) >= 11 is 0. The van der Waals surface area contributed by atoms with Crippen molar-refractivity contribution in [1.29, 1.82) is 0 Å². The molecule has 3 atom stereocenters. The summed E-state index contributed by atoms with van der Waals surface area (Å²) in [5.74, 6) is -1.29. The van der Waals surface area contributed by atoms with E-state index in [0.29, 0.717) is 25.9 Å². The maximum atomic E-state index is 12.3. The van der Waals surface area contributed by atoms with Gasteiger partial charge in [0.05, 0.1) is 24.4 Å². The van der Waals surface area contributed by atoms with Crippen molar-refractivity contribution < 1.29 is 24.2 Å². The number of rotatable bonds is 16. The van der Waals surface area contributed by atoms with Gasteiger partial charge in [-0.15, -0.1) is 0 Å². The Hall–Kier alpha value is -3.44. The third-order valence-electron chi connectivity index (χ3n) is 6.64. The van der Waals surface area contributed by atoms with Gasteiger partial charge in [0.15, 0.2) is 0 Å². The predicted molar refractivity (Wildman–Crippen MR) is 157 cm³/mol. The van der Waals surface area contributed by atoms with Gasteiger partial charge in [0.2, 0.25) is 11.8 Å². The van der Waals surface area contributed by atoms with Crippen LogP contribution in [0.1, 0.15) is 71.9 Å². The van der Waals surface area contributed by atoms with Crippen molar-refractivity contribution in [2.75, 3.05) is 25.5 Å². The van der Waals surface area contributed by atoms with Gasteiger partial charge in [0, 0.05) is 41.6 Å². The Morgan fingerprint density at radius 2 is 1.82 bits per heavy atom. The molecule has 2 aromatic rings. The minimum atomic E-state index is -1.21. The Balaban J connectivity index is 1.85. The molecule has 1 aromatic heterocycles. The number of anilines is 1. The molecule has 2 unspecified atom stereocenters. The molecule has 0 saturated heterocycles. The molecule has 11 nitrogen and oxygen atoms in total. The van der Waals surface area contributed by atoms with Gasteiger partial charge in [-0.2, -0.15) is 0 Å². The fourth-order valence-electron chi connectivity index (χ4n) is 4.20. The van der Waals surface area contributed by atoms with Gasteiger partial charge in [0.25, 0.3) is 0 Å². The number of methoxy groups -OCH3 is 1. The van der Waals surface area contributed by atoms with Crippen LogP contribution in [0.5, 0.6) is 5.75 Å². The van der Waals surface area contributed by atoms with E-state index >= 15 is 0 Å². The Labute approximate surface area is 236 Å². The first-order valence-electron chi connectivity index (χ1n) is 13.9. The molecule has 0 aliphatic carbocycles. The molecule has 40 heavy (non-hydrogen) atoms. The number of pyridine rings is 1. The molecule has 1 aromatic carbocycles. The fourth-order valence-corrected chi connectivity index (χ4v) is 4.20. The van der Waals surface area contributed by atoms with Gasteiger partial charge >= 0.3 is 5.97 Å². The molecular formula is C29H46N6O5. The van der Waals surface area contributed by atoms with Crippen molar-refractivity contribution in [2.24, 2.45) is 11.5 Å². The summed E-state index contributed by atoms with van der Waals surface area (Å²) in [5.41, 5.74) is 13.9. The van der Waals surface area contributed by atoms with E-state index in [9.17, 15) is 19.5 Å². The number of hydrogen-bond acceptors (Lipinski definition) is 8. The van der Waals surface area contributed by atoms with Crippen LogP contribution in [0.3, 0.4) is 0 Å². The van der Waals surface area contributed by atoms with Crippen LogP contribution in [0.25, 0.3) is 10.9 Å². The van der Waals surface area contributed by atoms with E-state index in [1.165, 1.54) is 0 Å². The number of carbonyl (C=O) groups excluding carboxylic acids is 2. The molecule has 222 valence electrons. The van der Waals surface area contributed by atoms with E-state index in [2.05, 4.69) is 49.7 Å². The molecule has 8 N–H and O–H groups in total. The van der Waals surface area contributed by atoms with Crippen molar-refractivity contribution >= 4 is 34.4 Å². The average Bonchev–Trinajstić information content (AvgIpc) is 2.90. The number of aliphatic carboxylic acids is 1. The normalized spacial score (nSPS) is 13.8. The summed E-state index contributed by atoms with van der Waals surface area (Å²) in [7, 11) is 1.64. The first kappa shape index (κ1) is 32.8. The van der Waals surface area contributed by atoms with Crippen molar-refractivity contribution in [2.45, 2.75) is 89.8 Å². The lowest BCUT2D eigenvalue weighted by Gasteiger charge is -2.21. The minimum Gasteiger partial charge on any atom is -0.497 e. The Morgan fingerprint density at radius 3 is 2.45 bits per heavy atom. The second-order valence-corrected chi connectivity index (χ2v) is 11.2. The highest BCUT2D eigenvalue weighted by Crippen LogP contribution is 2.31. The van der Waals surface area contributed by atoms with E-state index in [1.807, 2.05) is 18.2 Å². The zero-order chi connectivity index (χ0) is 29.9. The van der Waals surface area contributed by atoms with Gasteiger partial charge in [-0.3, -0.25) is 14.6 Å². The molecule has 11 heteroatoms. The second kappa shape index (κ2) is 15.4. The third-order valence-corrected chi connectivity index (χ3v) is 6.64. The second-order valence-electron chi connectivity index (χ2n) is 11.2. The number of carbonyl (C=O) groups is 3. The molecule has 0 radical (unpaired) electrons. The molecule has 0 bridgehead atoms. The van der Waals surface area contributed by atoms with Crippen LogP contribution in [-0.4, -0.2) is 66.2 Å². The smallest absolute Gasteiger partial charge is 0.326 e. The summed E-state index contributed by atoms with van der Waals surface area (Å²) in [6, 6.07) is 6.11. The molecule has 1 heterocycles. The van der Waals surface area contributed by atoms with E-state index < -0.39 is 24.0 Å². The SMILES string of the molecule is COc1cc(NC(C)CCCNC(=O)CCC(NC(=O)[C@@H](N)CCCN)C(=O)O)c2nc(C(C)(C)C)ccc2c1. The van der Waals surface area contributed by atoms with Crippen LogP contribution in [0.15, 0.2) is 24.3 Å². The number of aromatic nitrogens is 1. The van der Waals surface area contributed by atoms with Crippen molar-refractivity contribution in [3.63, 3.8) is 0 Å². The minimum absolute atomic E-state index is 0.0268. The number of nitrogens with zero attached hydrogens (tertiary/aromatic N) is 1. The maximum Gasteiger partial charge on any atom is 0.326 e. The highest BCUT2D eigenvalue weighted by atomic mass is 16.5. The Bertz CT molecular complexity index is 1150. The maximum absolute atomic E-state index is 12.3. The summed E-state index contributed by atoms with van der Waals surface area (Å²) < 4.78 is 5.48. The van der Waals surface area contributed by atoms with Gasteiger partial charge in [-0.1, -0.05) is 26.8 Å². The molecular weight excluding hydrogens is 512 g/mol. The molecule has 0 aliphatic rings. The van der Waals surface area contributed by atoms with E-state index in [-0.39, 0.29) is 30.2 Å². The van der Waals surface area contributed by atoms with E-state index in [4.69, 9.17) is 21.2 Å². The fraction of sp³-hybridized carbons (Fsp3) is 0.586. The summed E-state index contributed by atoms with van der Waals surface area (Å²) in [6.07, 6.45) is 2.38. The number of ether oxygens (including phenoxy) is 1. The standard InChI is InChI=1S/C29H46N6O5/c1-18(33-23-17-20(40-5)16-19-10-12-24(29(2,3)4)35-26(19)23)8-7-15-32-25(36)13-11-22(28(38)39)34-27(37)21(31)9-6-14-30/h10,12,16-18,21-22,33H,6-9,11,13-15,30-31H2,1-5H3,(H,32,36)(H,34,37)(H,38,39)/t18?,21-,22?/m0/s1. The predicted octanol–water partition coefficient (Wildman–Crippen LogP) is 2.65. The van der Waals surface area contributed by atoms with Gasteiger partial charge < -0.3 is 37.3 Å². The molecule has 0 aliphatic heterocycles. The van der Waals surface area contributed by atoms with Crippen molar-refractivity contribution in [1.82, 2.24) is 15.6 Å². The number of fused-ring (bicyclic) bond motifs is 1. The summed E-state index contributed by atoms with van der Waals surface area (Å²) in [5, 5.41) is 19.2. The van der Waals surface area contributed by atoms with Crippen LogP contribution >= 0.6 is 0 Å². The van der Waals surface area contributed by atoms with Crippen LogP contribution in [0, 0.1) is 0 Å². The van der Waals surface area contributed by atoms with Crippen molar-refractivity contribution in [3.05, 3.63) is 30.0 Å². The lowest BCUT2D eigenvalue weighted by Crippen LogP contribution is -2.48. The van der Waals surface area contributed by atoms with E-state index in [0.717, 1.165) is 40.9 Å². The molecule has 0 fully saturated rings. The molecule has 2 amide bonds. The lowest BCUT2D eigenvalue weighted by atomic mass is 9.91.